The molecule has 28 heavy (non-hydrogen) atoms. The van der Waals surface area contributed by atoms with E-state index >= 15 is 0 Å². The van der Waals surface area contributed by atoms with E-state index in [1.807, 2.05) is 0 Å². The number of ether oxygens (including phenoxy) is 1. The second kappa shape index (κ2) is 10.2. The number of rotatable bonds is 7. The molecule has 0 radical (unpaired) electrons. The van der Waals surface area contributed by atoms with Crippen LogP contribution >= 0.6 is 0 Å². The van der Waals surface area contributed by atoms with Gasteiger partial charge in [-0.2, -0.15) is 0 Å². The van der Waals surface area contributed by atoms with Crippen LogP contribution < -0.4 is 10.6 Å². The van der Waals surface area contributed by atoms with E-state index in [2.05, 4.69) is 10.6 Å². The van der Waals surface area contributed by atoms with E-state index in [1.165, 1.54) is 24.3 Å². The second-order valence-corrected chi connectivity index (χ2v) is 6.11. The molecule has 0 saturated heterocycles. The van der Waals surface area contributed by atoms with E-state index in [9.17, 15) is 18.4 Å². The predicted octanol–water partition coefficient (Wildman–Crippen LogP) is 4.29. The van der Waals surface area contributed by atoms with Gasteiger partial charge in [0.1, 0.15) is 11.6 Å². The monoisotopic (exact) mass is 388 g/mol. The van der Waals surface area contributed by atoms with Crippen molar-refractivity contribution in [3.63, 3.8) is 0 Å². The molecule has 0 aromatic heterocycles. The van der Waals surface area contributed by atoms with Crippen LogP contribution in [0.15, 0.2) is 48.5 Å². The van der Waals surface area contributed by atoms with Crippen molar-refractivity contribution in [2.24, 2.45) is 0 Å². The standard InChI is InChI=1S/C21H22F2N2O3/c1-3-28-20(26)12-9-15-7-10-16(11-8-15)25-21(27)24-14(2)13-17-18(22)5-4-6-19(17)23/h4-12,14H,3,13H2,1-2H3,(H2,24,25,27)/b12-9+. The zero-order chi connectivity index (χ0) is 20.5. The van der Waals surface area contributed by atoms with Crippen LogP contribution in [0.5, 0.6) is 0 Å². The molecule has 2 aromatic rings. The van der Waals surface area contributed by atoms with E-state index in [-0.39, 0.29) is 12.0 Å². The summed E-state index contributed by atoms with van der Waals surface area (Å²) in [5.74, 6) is -1.70. The molecule has 0 spiro atoms. The van der Waals surface area contributed by atoms with E-state index in [1.54, 1.807) is 44.2 Å². The smallest absolute Gasteiger partial charge is 0.330 e. The Hall–Kier alpha value is -3.22. The van der Waals surface area contributed by atoms with Gasteiger partial charge in [0.25, 0.3) is 0 Å². The maximum atomic E-state index is 13.7. The first-order chi connectivity index (χ1) is 13.4. The molecule has 1 unspecified atom stereocenters. The molecular weight excluding hydrogens is 366 g/mol. The maximum Gasteiger partial charge on any atom is 0.330 e. The third-order valence-electron chi connectivity index (χ3n) is 3.82. The lowest BCUT2D eigenvalue weighted by atomic mass is 10.1. The van der Waals surface area contributed by atoms with Gasteiger partial charge in [0.2, 0.25) is 0 Å². The van der Waals surface area contributed by atoms with E-state index in [4.69, 9.17) is 4.74 Å². The zero-order valence-corrected chi connectivity index (χ0v) is 15.7. The molecule has 0 fully saturated rings. The largest absolute Gasteiger partial charge is 0.463 e. The van der Waals surface area contributed by atoms with E-state index in [0.29, 0.717) is 12.3 Å². The minimum Gasteiger partial charge on any atom is -0.463 e. The molecule has 1 atom stereocenters. The summed E-state index contributed by atoms with van der Waals surface area (Å²) in [5.41, 5.74) is 1.24. The third kappa shape index (κ3) is 6.50. The summed E-state index contributed by atoms with van der Waals surface area (Å²) < 4.78 is 32.2. The van der Waals surface area contributed by atoms with Crippen molar-refractivity contribution in [1.82, 2.24) is 5.32 Å². The number of benzene rings is 2. The maximum absolute atomic E-state index is 13.7. The van der Waals surface area contributed by atoms with Crippen LogP contribution in [0, 0.1) is 11.6 Å². The molecule has 0 aliphatic carbocycles. The zero-order valence-electron chi connectivity index (χ0n) is 15.7. The van der Waals surface area contributed by atoms with Gasteiger partial charge >= 0.3 is 12.0 Å². The number of carbonyl (C=O) groups is 2. The first kappa shape index (κ1) is 21.1. The minimum absolute atomic E-state index is 0.0313. The Balaban J connectivity index is 1.88. The number of hydrogen-bond acceptors (Lipinski definition) is 3. The summed E-state index contributed by atoms with van der Waals surface area (Å²) in [6, 6.07) is 9.50. The van der Waals surface area contributed by atoms with Gasteiger partial charge in [-0.25, -0.2) is 18.4 Å². The van der Waals surface area contributed by atoms with Crippen LogP contribution in [0.4, 0.5) is 19.3 Å². The van der Waals surface area contributed by atoms with E-state index < -0.39 is 29.7 Å². The van der Waals surface area contributed by atoms with Gasteiger partial charge < -0.3 is 15.4 Å². The number of halogens is 2. The number of hydrogen-bond donors (Lipinski definition) is 2. The van der Waals surface area contributed by atoms with Crippen molar-refractivity contribution in [3.8, 4) is 0 Å². The van der Waals surface area contributed by atoms with Gasteiger partial charge in [-0.05, 0) is 56.2 Å². The number of urea groups is 1. The van der Waals surface area contributed by atoms with Crippen LogP contribution in [0.25, 0.3) is 6.08 Å². The number of nitrogens with one attached hydrogen (secondary N) is 2. The normalized spacial score (nSPS) is 11.9. The first-order valence-electron chi connectivity index (χ1n) is 8.84. The fourth-order valence-electron chi connectivity index (χ4n) is 2.51. The SMILES string of the molecule is CCOC(=O)/C=C/c1ccc(NC(=O)NC(C)Cc2c(F)cccc2F)cc1. The molecule has 0 heterocycles. The Morgan fingerprint density at radius 3 is 2.36 bits per heavy atom. The third-order valence-corrected chi connectivity index (χ3v) is 3.82. The highest BCUT2D eigenvalue weighted by molar-refractivity contribution is 5.90. The Kier molecular flexibility index (Phi) is 7.68. The molecule has 5 nitrogen and oxygen atoms in total. The molecule has 2 amide bonds. The van der Waals surface area contributed by atoms with Crippen LogP contribution in [-0.4, -0.2) is 24.6 Å². The van der Waals surface area contributed by atoms with Crippen molar-refractivity contribution in [2.45, 2.75) is 26.3 Å². The molecule has 7 heteroatoms. The molecule has 0 saturated carbocycles. The lowest BCUT2D eigenvalue weighted by Gasteiger charge is -2.15. The van der Waals surface area contributed by atoms with Crippen LogP contribution in [0.3, 0.4) is 0 Å². The number of esters is 1. The fourth-order valence-corrected chi connectivity index (χ4v) is 2.51. The molecule has 2 N–H and O–H groups in total. The van der Waals surface area contributed by atoms with E-state index in [0.717, 1.165) is 5.56 Å². The Morgan fingerprint density at radius 1 is 1.11 bits per heavy atom. The summed E-state index contributed by atoms with van der Waals surface area (Å²) in [5, 5.41) is 5.29. The second-order valence-electron chi connectivity index (χ2n) is 6.11. The van der Waals surface area contributed by atoms with Gasteiger partial charge in [0, 0.05) is 23.4 Å². The summed E-state index contributed by atoms with van der Waals surface area (Å²) in [7, 11) is 0. The van der Waals surface area contributed by atoms with Crippen molar-refractivity contribution in [1.29, 1.82) is 0 Å². The predicted molar refractivity (Wildman–Crippen MR) is 104 cm³/mol. The highest BCUT2D eigenvalue weighted by Crippen LogP contribution is 2.15. The van der Waals surface area contributed by atoms with Gasteiger partial charge in [-0.15, -0.1) is 0 Å². The number of amides is 2. The Morgan fingerprint density at radius 2 is 1.75 bits per heavy atom. The van der Waals surface area contributed by atoms with Crippen molar-refractivity contribution in [2.75, 3.05) is 11.9 Å². The first-order valence-corrected chi connectivity index (χ1v) is 8.84. The van der Waals surface area contributed by atoms with Crippen molar-refractivity contribution >= 4 is 23.8 Å². The highest BCUT2D eigenvalue weighted by Gasteiger charge is 2.14. The van der Waals surface area contributed by atoms with Gasteiger partial charge in [0.15, 0.2) is 0 Å². The Labute approximate surface area is 162 Å². The molecule has 0 aliphatic rings. The molecule has 2 rings (SSSR count). The average Bonchev–Trinajstić information content (AvgIpc) is 2.64. The van der Waals surface area contributed by atoms with Gasteiger partial charge in [-0.3, -0.25) is 0 Å². The lowest BCUT2D eigenvalue weighted by Crippen LogP contribution is -2.37. The molecule has 0 bridgehead atoms. The lowest BCUT2D eigenvalue weighted by molar-refractivity contribution is -0.137. The number of anilines is 1. The topological polar surface area (TPSA) is 67.4 Å². The Bertz CT molecular complexity index is 831. The molecule has 2 aromatic carbocycles. The fraction of sp³-hybridized carbons (Fsp3) is 0.238. The summed E-state index contributed by atoms with van der Waals surface area (Å²) >= 11 is 0. The summed E-state index contributed by atoms with van der Waals surface area (Å²) in [4.78, 5) is 23.4. The number of carbonyl (C=O) groups excluding carboxylic acids is 2. The summed E-state index contributed by atoms with van der Waals surface area (Å²) in [6.07, 6.45) is 2.96. The quantitative estimate of drug-likeness (QED) is 0.549. The van der Waals surface area contributed by atoms with Gasteiger partial charge in [-0.1, -0.05) is 18.2 Å². The van der Waals surface area contributed by atoms with Crippen molar-refractivity contribution in [3.05, 3.63) is 71.3 Å². The average molecular weight is 388 g/mol. The van der Waals surface area contributed by atoms with Crippen LogP contribution in [-0.2, 0) is 16.0 Å². The summed E-state index contributed by atoms with van der Waals surface area (Å²) in [6.45, 7) is 3.70. The van der Waals surface area contributed by atoms with Gasteiger partial charge in [0.05, 0.1) is 6.61 Å². The molecular formula is C21H22F2N2O3. The molecule has 0 aliphatic heterocycles. The van der Waals surface area contributed by atoms with Crippen LogP contribution in [0.1, 0.15) is 25.0 Å². The molecule has 148 valence electrons. The van der Waals surface area contributed by atoms with Crippen molar-refractivity contribution < 1.29 is 23.1 Å². The highest BCUT2D eigenvalue weighted by atomic mass is 19.1. The minimum atomic E-state index is -0.638. The van der Waals surface area contributed by atoms with Crippen LogP contribution in [0.2, 0.25) is 0 Å².